The third kappa shape index (κ3) is 8.05. The lowest BCUT2D eigenvalue weighted by Crippen LogP contribution is -2.25. The Labute approximate surface area is 397 Å². The summed E-state index contributed by atoms with van der Waals surface area (Å²) >= 11 is 0. The maximum absolute atomic E-state index is 6.88. The van der Waals surface area contributed by atoms with Gasteiger partial charge in [0.2, 0.25) is 0 Å². The van der Waals surface area contributed by atoms with Gasteiger partial charge in [0.05, 0.1) is 22.4 Å². The number of para-hydroxylation sites is 1. The van der Waals surface area contributed by atoms with Crippen LogP contribution in [0.2, 0.25) is 0 Å². The van der Waals surface area contributed by atoms with Crippen LogP contribution in [0, 0.1) is 0 Å². The summed E-state index contributed by atoms with van der Waals surface area (Å²) in [4.78, 5) is 9.93. The summed E-state index contributed by atoms with van der Waals surface area (Å²) < 4.78 is 9.16. The molecular weight excluding hydrogens is 817 g/mol. The van der Waals surface area contributed by atoms with E-state index in [1.807, 2.05) is 6.20 Å². The van der Waals surface area contributed by atoms with Crippen LogP contribution in [0.25, 0.3) is 27.6 Å². The van der Waals surface area contributed by atoms with Gasteiger partial charge in [0.1, 0.15) is 24.0 Å². The fraction of sp³-hybridized carbons (Fsp3) is 0.242. The molecule has 10 rings (SSSR count). The molecule has 0 N–H and O–H groups in total. The first-order chi connectivity index (χ1) is 32.0. The smallest absolute Gasteiger partial charge is 0.137 e. The summed E-state index contributed by atoms with van der Waals surface area (Å²) in [6.45, 7) is 23.7. The molecule has 0 radical (unpaired) electrons. The fourth-order valence-electron chi connectivity index (χ4n) is 9.81. The number of pyridine rings is 1. The Morgan fingerprint density at radius 3 is 1.64 bits per heavy atom. The molecule has 0 bridgehead atoms. The van der Waals surface area contributed by atoms with Crippen LogP contribution in [0.3, 0.4) is 0 Å². The highest BCUT2D eigenvalue weighted by Crippen LogP contribution is 2.49. The molecule has 336 valence electrons. The van der Waals surface area contributed by atoms with Crippen LogP contribution in [-0.4, -0.2) is 16.2 Å². The third-order valence-electron chi connectivity index (χ3n) is 14.2. The van der Waals surface area contributed by atoms with Gasteiger partial charge in [0, 0.05) is 51.3 Å². The molecule has 7 aromatic carbocycles. The first-order valence-corrected chi connectivity index (χ1v) is 23.7. The van der Waals surface area contributed by atoms with Gasteiger partial charge in [-0.1, -0.05) is 166 Å². The first-order valence-electron chi connectivity index (χ1n) is 23.7. The van der Waals surface area contributed by atoms with Crippen molar-refractivity contribution in [2.24, 2.45) is 0 Å². The zero-order valence-electron chi connectivity index (χ0n) is 40.7. The number of hydrogen-bond acceptors (Lipinski definition) is 4. The topological polar surface area (TPSA) is 33.5 Å². The van der Waals surface area contributed by atoms with E-state index < -0.39 is 0 Å². The van der Waals surface area contributed by atoms with Crippen molar-refractivity contribution >= 4 is 44.6 Å². The molecule has 0 saturated heterocycles. The predicted molar refractivity (Wildman–Crippen MR) is 282 cm³/mol. The van der Waals surface area contributed by atoms with Crippen LogP contribution in [0.15, 0.2) is 182 Å². The second-order valence-corrected chi connectivity index (χ2v) is 21.5. The van der Waals surface area contributed by atoms with E-state index in [-0.39, 0.29) is 21.7 Å². The van der Waals surface area contributed by atoms with Gasteiger partial charge in [-0.25, -0.2) is 4.98 Å². The lowest BCUT2D eigenvalue weighted by atomic mass is 9.78. The number of aromatic nitrogens is 2. The fourth-order valence-corrected chi connectivity index (χ4v) is 9.81. The summed E-state index contributed by atoms with van der Waals surface area (Å²) in [7, 11) is 0. The van der Waals surface area contributed by atoms with Crippen molar-refractivity contribution in [1.29, 1.82) is 0 Å². The van der Waals surface area contributed by atoms with Gasteiger partial charge >= 0.3 is 0 Å². The number of hydrogen-bond donors (Lipinski definition) is 0. The molecule has 0 unspecified atom stereocenters. The standard InChI is InChI=1S/C62H62N4O/c1-59(2,3)46-34-47(60(4,5)6)36-49(35-46)65-41-64(57-37-44(28-31-55(57)65)61(7,8)42-20-13-11-14-21-42)48-24-19-25-50(39-48)67-51-29-30-53-52-26-17-18-27-54(52)66(56(53)40-51)58-38-45(32-33-63-58)62(9,10)43-22-15-12-16-23-43/h11-40H,41H2,1-10H3. The summed E-state index contributed by atoms with van der Waals surface area (Å²) in [6.07, 6.45) is 1.94. The number of fused-ring (bicyclic) bond motifs is 4. The summed E-state index contributed by atoms with van der Waals surface area (Å²) in [6, 6.07) is 63.8. The van der Waals surface area contributed by atoms with Gasteiger partial charge in [0.15, 0.2) is 0 Å². The molecule has 5 heteroatoms. The Kier molecular flexibility index (Phi) is 10.7. The average molecular weight is 879 g/mol. The van der Waals surface area contributed by atoms with Crippen molar-refractivity contribution in [2.75, 3.05) is 16.5 Å². The van der Waals surface area contributed by atoms with E-state index in [0.29, 0.717) is 6.67 Å². The number of benzene rings is 7. The Hall–Kier alpha value is -7.11. The monoisotopic (exact) mass is 878 g/mol. The molecule has 9 aromatic rings. The maximum Gasteiger partial charge on any atom is 0.137 e. The minimum Gasteiger partial charge on any atom is -0.457 e. The predicted octanol–water partition coefficient (Wildman–Crippen LogP) is 16.5. The molecule has 3 heterocycles. The second-order valence-electron chi connectivity index (χ2n) is 21.5. The van der Waals surface area contributed by atoms with Crippen molar-refractivity contribution in [2.45, 2.75) is 90.9 Å². The largest absolute Gasteiger partial charge is 0.457 e. The van der Waals surface area contributed by atoms with E-state index in [1.165, 1.54) is 55.8 Å². The van der Waals surface area contributed by atoms with Gasteiger partial charge < -0.3 is 14.5 Å². The maximum atomic E-state index is 6.88. The number of ether oxygens (including phenoxy) is 1. The lowest BCUT2D eigenvalue weighted by molar-refractivity contribution is 0.483. The molecule has 0 saturated carbocycles. The minimum absolute atomic E-state index is 0.00923. The van der Waals surface area contributed by atoms with Crippen molar-refractivity contribution in [3.05, 3.63) is 216 Å². The Morgan fingerprint density at radius 2 is 0.985 bits per heavy atom. The molecule has 2 aromatic heterocycles. The number of anilines is 4. The van der Waals surface area contributed by atoms with E-state index >= 15 is 0 Å². The average Bonchev–Trinajstić information content (AvgIpc) is 3.87. The Balaban J connectivity index is 1.05. The zero-order chi connectivity index (χ0) is 46.9. The van der Waals surface area contributed by atoms with E-state index in [4.69, 9.17) is 9.72 Å². The molecule has 67 heavy (non-hydrogen) atoms. The molecule has 0 atom stereocenters. The van der Waals surface area contributed by atoms with Crippen LogP contribution in [0.1, 0.15) is 103 Å². The van der Waals surface area contributed by atoms with Crippen LogP contribution >= 0.6 is 0 Å². The molecule has 1 aliphatic heterocycles. The molecule has 0 fully saturated rings. The molecule has 1 aliphatic rings. The molecule has 0 aliphatic carbocycles. The molecular formula is C62H62N4O. The minimum atomic E-state index is -0.213. The Morgan fingerprint density at radius 1 is 0.403 bits per heavy atom. The van der Waals surface area contributed by atoms with Crippen molar-refractivity contribution < 1.29 is 4.74 Å². The van der Waals surface area contributed by atoms with Gasteiger partial charge in [-0.2, -0.15) is 0 Å². The van der Waals surface area contributed by atoms with Crippen molar-refractivity contribution in [3.8, 4) is 17.3 Å². The third-order valence-corrected chi connectivity index (χ3v) is 14.2. The second kappa shape index (κ2) is 16.3. The van der Waals surface area contributed by atoms with Crippen LogP contribution in [0.5, 0.6) is 11.5 Å². The van der Waals surface area contributed by atoms with E-state index in [1.54, 1.807) is 0 Å². The van der Waals surface area contributed by atoms with E-state index in [2.05, 4.69) is 260 Å². The highest BCUT2D eigenvalue weighted by atomic mass is 16.5. The van der Waals surface area contributed by atoms with Gasteiger partial charge in [-0.3, -0.25) is 4.57 Å². The van der Waals surface area contributed by atoms with E-state index in [9.17, 15) is 0 Å². The van der Waals surface area contributed by atoms with Crippen LogP contribution < -0.4 is 14.5 Å². The zero-order valence-corrected chi connectivity index (χ0v) is 40.7. The van der Waals surface area contributed by atoms with Crippen LogP contribution in [0.4, 0.5) is 22.7 Å². The van der Waals surface area contributed by atoms with Gasteiger partial charge in [-0.05, 0) is 111 Å². The SMILES string of the molecule is CC(C)(C)c1cc(N2CN(c3cccc(Oc4ccc5c6ccccc6n(-c6cc(C(C)(C)c7ccccc7)ccn6)c5c4)c3)c3cc(C(C)(C)c4ccccc4)ccc32)cc(C(C)(C)C)c1. The first kappa shape index (κ1) is 43.8. The number of rotatable bonds is 9. The summed E-state index contributed by atoms with van der Waals surface area (Å²) in [5.41, 5.74) is 14.0. The quantitative estimate of drug-likeness (QED) is 0.145. The normalized spacial score (nSPS) is 13.4. The summed E-state index contributed by atoms with van der Waals surface area (Å²) in [5, 5.41) is 2.33. The van der Waals surface area contributed by atoms with Gasteiger partial charge in [-0.15, -0.1) is 0 Å². The summed E-state index contributed by atoms with van der Waals surface area (Å²) in [5.74, 6) is 2.41. The molecule has 5 nitrogen and oxygen atoms in total. The Bertz CT molecular complexity index is 3240. The molecule has 0 amide bonds. The van der Waals surface area contributed by atoms with Crippen molar-refractivity contribution in [1.82, 2.24) is 9.55 Å². The highest BCUT2D eigenvalue weighted by molar-refractivity contribution is 6.09. The number of nitrogens with zero attached hydrogens (tertiary/aromatic N) is 4. The van der Waals surface area contributed by atoms with Gasteiger partial charge in [0.25, 0.3) is 0 Å². The van der Waals surface area contributed by atoms with Crippen molar-refractivity contribution in [3.63, 3.8) is 0 Å². The van der Waals surface area contributed by atoms with E-state index in [0.717, 1.165) is 39.4 Å². The lowest BCUT2D eigenvalue weighted by Gasteiger charge is -2.29. The van der Waals surface area contributed by atoms with Crippen LogP contribution in [-0.2, 0) is 21.7 Å². The highest BCUT2D eigenvalue weighted by Gasteiger charge is 2.33. The molecule has 0 spiro atoms.